The van der Waals surface area contributed by atoms with E-state index in [1.54, 1.807) is 25.1 Å². The number of rotatable bonds is 6. The normalized spacial score (nSPS) is 12.3. The van der Waals surface area contributed by atoms with Crippen LogP contribution in [0.1, 0.15) is 42.7 Å². The molecule has 6 heteroatoms. The molecule has 0 fully saturated rings. The van der Waals surface area contributed by atoms with Crippen LogP contribution >= 0.6 is 0 Å². The van der Waals surface area contributed by atoms with Gasteiger partial charge in [0.15, 0.2) is 0 Å². The van der Waals surface area contributed by atoms with E-state index in [1.807, 2.05) is 26.8 Å². The molecule has 1 unspecified atom stereocenters. The Labute approximate surface area is 120 Å². The number of carbonyl (C=O) groups excluding carboxylic acids is 1. The Morgan fingerprint density at radius 2 is 2.10 bits per heavy atom. The van der Waals surface area contributed by atoms with Gasteiger partial charge >= 0.3 is 0 Å². The first-order chi connectivity index (χ1) is 9.38. The molecule has 0 aliphatic rings. The molecular weight excluding hydrogens is 256 g/mol. The van der Waals surface area contributed by atoms with Gasteiger partial charge in [-0.25, -0.2) is 10.8 Å². The van der Waals surface area contributed by atoms with Crippen LogP contribution in [-0.2, 0) is 4.74 Å². The molecule has 0 radical (unpaired) electrons. The Balaban J connectivity index is 2.99. The molecule has 1 amide bonds. The average Bonchev–Trinajstić information content (AvgIpc) is 2.45. The first-order valence-corrected chi connectivity index (χ1v) is 6.65. The van der Waals surface area contributed by atoms with Crippen molar-refractivity contribution >= 4 is 11.7 Å². The summed E-state index contributed by atoms with van der Waals surface area (Å²) in [5, 5.41) is 0. The SMILES string of the molecule is COC(C)CN(C)C(=O)c1cc(NN)nc(C(C)C)c1. The monoisotopic (exact) mass is 280 g/mol. The van der Waals surface area contributed by atoms with Crippen LogP contribution in [0.25, 0.3) is 0 Å². The van der Waals surface area contributed by atoms with Crippen molar-refractivity contribution < 1.29 is 9.53 Å². The number of likely N-dealkylation sites (N-methyl/N-ethyl adjacent to an activating group) is 1. The minimum Gasteiger partial charge on any atom is -0.380 e. The molecule has 20 heavy (non-hydrogen) atoms. The molecule has 6 nitrogen and oxygen atoms in total. The van der Waals surface area contributed by atoms with Crippen LogP contribution in [0, 0.1) is 0 Å². The van der Waals surface area contributed by atoms with Crippen molar-refractivity contribution in [2.75, 3.05) is 26.1 Å². The fourth-order valence-electron chi connectivity index (χ4n) is 1.81. The third-order valence-electron chi connectivity index (χ3n) is 3.11. The number of carbonyl (C=O) groups is 1. The molecule has 1 aromatic heterocycles. The highest BCUT2D eigenvalue weighted by Crippen LogP contribution is 2.18. The fourth-order valence-corrected chi connectivity index (χ4v) is 1.81. The van der Waals surface area contributed by atoms with Crippen LogP contribution in [0.15, 0.2) is 12.1 Å². The number of hydrogen-bond acceptors (Lipinski definition) is 5. The smallest absolute Gasteiger partial charge is 0.253 e. The second kappa shape index (κ2) is 7.21. The van der Waals surface area contributed by atoms with Crippen LogP contribution in [0.3, 0.4) is 0 Å². The van der Waals surface area contributed by atoms with Gasteiger partial charge in [0.1, 0.15) is 5.82 Å². The number of nitrogens with one attached hydrogen (secondary N) is 1. The van der Waals surface area contributed by atoms with Crippen molar-refractivity contribution in [3.05, 3.63) is 23.4 Å². The van der Waals surface area contributed by atoms with E-state index >= 15 is 0 Å². The van der Waals surface area contributed by atoms with Crippen molar-refractivity contribution in [1.82, 2.24) is 9.88 Å². The van der Waals surface area contributed by atoms with Crippen molar-refractivity contribution in [2.24, 2.45) is 5.84 Å². The number of amides is 1. The van der Waals surface area contributed by atoms with Gasteiger partial charge in [0.25, 0.3) is 5.91 Å². The van der Waals surface area contributed by atoms with E-state index in [-0.39, 0.29) is 17.9 Å². The number of methoxy groups -OCH3 is 1. The van der Waals surface area contributed by atoms with Crippen LogP contribution in [-0.4, -0.2) is 42.6 Å². The lowest BCUT2D eigenvalue weighted by atomic mass is 10.1. The molecule has 0 bridgehead atoms. The third kappa shape index (κ3) is 4.18. The largest absolute Gasteiger partial charge is 0.380 e. The quantitative estimate of drug-likeness (QED) is 0.611. The highest BCUT2D eigenvalue weighted by atomic mass is 16.5. The predicted molar refractivity (Wildman–Crippen MR) is 79.6 cm³/mol. The van der Waals surface area contributed by atoms with Gasteiger partial charge in [-0.15, -0.1) is 0 Å². The number of hydrogen-bond donors (Lipinski definition) is 2. The summed E-state index contributed by atoms with van der Waals surface area (Å²) in [6.07, 6.45) is -0.0116. The number of nitrogens with two attached hydrogens (primary N) is 1. The summed E-state index contributed by atoms with van der Waals surface area (Å²) in [6.45, 7) is 6.49. The molecule has 1 aromatic rings. The fraction of sp³-hybridized carbons (Fsp3) is 0.571. The molecule has 0 aliphatic heterocycles. The number of nitrogen functional groups attached to an aromatic ring is 1. The summed E-state index contributed by atoms with van der Waals surface area (Å²) in [7, 11) is 3.38. The zero-order chi connectivity index (χ0) is 15.3. The molecule has 1 heterocycles. The van der Waals surface area contributed by atoms with Crippen LogP contribution in [0.2, 0.25) is 0 Å². The Morgan fingerprint density at radius 1 is 1.45 bits per heavy atom. The minimum atomic E-state index is -0.0744. The van der Waals surface area contributed by atoms with Gasteiger partial charge in [-0.05, 0) is 25.0 Å². The number of anilines is 1. The van der Waals surface area contributed by atoms with Crippen LogP contribution < -0.4 is 11.3 Å². The molecule has 0 spiro atoms. The zero-order valence-corrected chi connectivity index (χ0v) is 12.8. The third-order valence-corrected chi connectivity index (χ3v) is 3.11. The lowest BCUT2D eigenvalue weighted by molar-refractivity contribution is 0.0600. The van der Waals surface area contributed by atoms with Gasteiger partial charge in [-0.3, -0.25) is 4.79 Å². The second-order valence-corrected chi connectivity index (χ2v) is 5.20. The molecule has 0 saturated heterocycles. The Kier molecular flexibility index (Phi) is 5.91. The molecule has 1 rings (SSSR count). The number of hydrazine groups is 1. The highest BCUT2D eigenvalue weighted by molar-refractivity contribution is 5.94. The van der Waals surface area contributed by atoms with Crippen molar-refractivity contribution in [3.8, 4) is 0 Å². The maximum atomic E-state index is 12.4. The first kappa shape index (κ1) is 16.4. The van der Waals surface area contributed by atoms with Gasteiger partial charge in [0.05, 0.1) is 6.10 Å². The summed E-state index contributed by atoms with van der Waals surface area (Å²) in [5.41, 5.74) is 3.90. The van der Waals surface area contributed by atoms with E-state index in [1.165, 1.54) is 0 Å². The van der Waals surface area contributed by atoms with E-state index in [0.29, 0.717) is 17.9 Å². The summed E-state index contributed by atoms with van der Waals surface area (Å²) in [5.74, 6) is 6.05. The molecular formula is C14H24N4O2. The van der Waals surface area contributed by atoms with Crippen molar-refractivity contribution in [2.45, 2.75) is 32.8 Å². The molecule has 3 N–H and O–H groups in total. The Morgan fingerprint density at radius 3 is 2.60 bits per heavy atom. The standard InChI is InChI=1S/C14H24N4O2/c1-9(2)12-6-11(7-13(16-12)17-15)14(19)18(4)8-10(3)20-5/h6-7,9-10H,8,15H2,1-5H3,(H,16,17). The lowest BCUT2D eigenvalue weighted by Gasteiger charge is -2.21. The summed E-state index contributed by atoms with van der Waals surface area (Å²) >= 11 is 0. The molecule has 0 aromatic carbocycles. The minimum absolute atomic E-state index is 0.0116. The summed E-state index contributed by atoms with van der Waals surface area (Å²) in [6, 6.07) is 3.46. The summed E-state index contributed by atoms with van der Waals surface area (Å²) < 4.78 is 5.18. The number of pyridine rings is 1. The van der Waals surface area contributed by atoms with E-state index in [0.717, 1.165) is 5.69 Å². The van der Waals surface area contributed by atoms with E-state index in [2.05, 4.69) is 10.4 Å². The molecule has 0 saturated carbocycles. The molecule has 112 valence electrons. The first-order valence-electron chi connectivity index (χ1n) is 6.65. The van der Waals surface area contributed by atoms with E-state index in [9.17, 15) is 4.79 Å². The Hall–Kier alpha value is -1.66. The average molecular weight is 280 g/mol. The zero-order valence-electron chi connectivity index (χ0n) is 12.8. The molecule has 1 atom stereocenters. The maximum absolute atomic E-state index is 12.4. The van der Waals surface area contributed by atoms with Gasteiger partial charge in [0, 0.05) is 32.0 Å². The van der Waals surface area contributed by atoms with Gasteiger partial charge in [-0.1, -0.05) is 13.8 Å². The number of nitrogens with zero attached hydrogens (tertiary/aromatic N) is 2. The van der Waals surface area contributed by atoms with E-state index in [4.69, 9.17) is 10.6 Å². The van der Waals surface area contributed by atoms with Gasteiger partial charge < -0.3 is 15.1 Å². The van der Waals surface area contributed by atoms with E-state index < -0.39 is 0 Å². The lowest BCUT2D eigenvalue weighted by Crippen LogP contribution is -2.34. The van der Waals surface area contributed by atoms with Crippen molar-refractivity contribution in [3.63, 3.8) is 0 Å². The second-order valence-electron chi connectivity index (χ2n) is 5.20. The Bertz CT molecular complexity index is 462. The number of aromatic nitrogens is 1. The molecule has 0 aliphatic carbocycles. The van der Waals surface area contributed by atoms with Gasteiger partial charge in [0.2, 0.25) is 0 Å². The summed E-state index contributed by atoms with van der Waals surface area (Å²) in [4.78, 5) is 18.4. The van der Waals surface area contributed by atoms with Gasteiger partial charge in [-0.2, -0.15) is 0 Å². The topological polar surface area (TPSA) is 80.5 Å². The predicted octanol–water partition coefficient (Wildman–Crippen LogP) is 1.60. The maximum Gasteiger partial charge on any atom is 0.253 e. The number of ether oxygens (including phenoxy) is 1. The van der Waals surface area contributed by atoms with Crippen LogP contribution in [0.4, 0.5) is 5.82 Å². The van der Waals surface area contributed by atoms with Crippen LogP contribution in [0.5, 0.6) is 0 Å². The highest BCUT2D eigenvalue weighted by Gasteiger charge is 2.17. The van der Waals surface area contributed by atoms with Crippen molar-refractivity contribution in [1.29, 1.82) is 0 Å².